The number of nitrogens with zero attached hydrogens (tertiary/aromatic N) is 1. The molecule has 2 aromatic rings. The lowest BCUT2D eigenvalue weighted by atomic mass is 10.1. The fourth-order valence-corrected chi connectivity index (χ4v) is 1.85. The summed E-state index contributed by atoms with van der Waals surface area (Å²) in [6.07, 6.45) is 0.214. The van der Waals surface area contributed by atoms with Crippen LogP contribution in [0.5, 0.6) is 5.75 Å². The Morgan fingerprint density at radius 2 is 2.20 bits per heavy atom. The largest absolute Gasteiger partial charge is 0.497 e. The fourth-order valence-electron chi connectivity index (χ4n) is 1.85. The van der Waals surface area contributed by atoms with Gasteiger partial charge in [0, 0.05) is 17.7 Å². The Hall–Kier alpha value is -2.30. The summed E-state index contributed by atoms with van der Waals surface area (Å²) in [4.78, 5) is 11.7. The van der Waals surface area contributed by atoms with Crippen LogP contribution in [-0.4, -0.2) is 24.2 Å². The van der Waals surface area contributed by atoms with Gasteiger partial charge in [-0.3, -0.25) is 4.79 Å². The molecule has 1 aromatic heterocycles. The second-order valence-electron chi connectivity index (χ2n) is 4.81. The number of benzene rings is 1. The van der Waals surface area contributed by atoms with Gasteiger partial charge in [0.1, 0.15) is 5.75 Å². The van der Waals surface area contributed by atoms with Gasteiger partial charge in [-0.1, -0.05) is 17.3 Å². The first kappa shape index (κ1) is 14.1. The highest BCUT2D eigenvalue weighted by atomic mass is 16.5. The Morgan fingerprint density at radius 1 is 1.40 bits per heavy atom. The first-order valence-corrected chi connectivity index (χ1v) is 6.48. The lowest BCUT2D eigenvalue weighted by molar-refractivity contribution is -0.121. The van der Waals surface area contributed by atoms with E-state index in [0.717, 1.165) is 11.3 Å². The molecule has 0 saturated heterocycles. The molecule has 106 valence electrons. The second kappa shape index (κ2) is 6.23. The zero-order valence-corrected chi connectivity index (χ0v) is 11.8. The molecule has 5 heteroatoms. The molecule has 1 amide bonds. The highest BCUT2D eigenvalue weighted by molar-refractivity contribution is 5.78. The molecule has 0 atom stereocenters. The van der Waals surface area contributed by atoms with Crippen LogP contribution in [0.1, 0.15) is 19.5 Å². The lowest BCUT2D eigenvalue weighted by Crippen LogP contribution is -2.31. The highest BCUT2D eigenvalue weighted by Gasteiger charge is 2.11. The highest BCUT2D eigenvalue weighted by Crippen LogP contribution is 2.24. The number of carbonyl (C=O) groups is 1. The summed E-state index contributed by atoms with van der Waals surface area (Å²) < 4.78 is 10.4. The summed E-state index contributed by atoms with van der Waals surface area (Å²) in [5.74, 6) is 1.31. The smallest absolute Gasteiger partial charge is 0.226 e. The van der Waals surface area contributed by atoms with Gasteiger partial charge in [-0.25, -0.2) is 0 Å². The second-order valence-corrected chi connectivity index (χ2v) is 4.81. The Morgan fingerprint density at radius 3 is 2.90 bits per heavy atom. The van der Waals surface area contributed by atoms with E-state index in [0.29, 0.717) is 11.5 Å². The van der Waals surface area contributed by atoms with Crippen molar-refractivity contribution in [1.82, 2.24) is 10.5 Å². The lowest BCUT2D eigenvalue weighted by Gasteiger charge is -2.05. The Balaban J connectivity index is 2.10. The first-order valence-electron chi connectivity index (χ1n) is 6.48. The molecule has 0 saturated carbocycles. The predicted molar refractivity (Wildman–Crippen MR) is 75.5 cm³/mol. The quantitative estimate of drug-likeness (QED) is 0.909. The number of carbonyl (C=O) groups excluding carboxylic acids is 1. The topological polar surface area (TPSA) is 64.4 Å². The number of hydrogen-bond donors (Lipinski definition) is 1. The summed E-state index contributed by atoms with van der Waals surface area (Å²) in [5, 5.41) is 6.74. The third-order valence-corrected chi connectivity index (χ3v) is 2.70. The average Bonchev–Trinajstić information content (AvgIpc) is 2.86. The molecule has 0 spiro atoms. The van der Waals surface area contributed by atoms with E-state index >= 15 is 0 Å². The van der Waals surface area contributed by atoms with Gasteiger partial charge in [-0.15, -0.1) is 0 Å². The van der Waals surface area contributed by atoms with E-state index in [1.54, 1.807) is 13.2 Å². The van der Waals surface area contributed by atoms with Crippen LogP contribution in [0.3, 0.4) is 0 Å². The molecule has 0 bridgehead atoms. The van der Waals surface area contributed by atoms with Gasteiger partial charge < -0.3 is 14.6 Å². The van der Waals surface area contributed by atoms with Crippen LogP contribution in [0, 0.1) is 0 Å². The maximum atomic E-state index is 11.7. The van der Waals surface area contributed by atoms with E-state index in [1.807, 2.05) is 38.1 Å². The van der Waals surface area contributed by atoms with Crippen LogP contribution in [0.2, 0.25) is 0 Å². The number of methoxy groups -OCH3 is 1. The van der Waals surface area contributed by atoms with Crippen molar-refractivity contribution >= 4 is 5.91 Å². The van der Waals surface area contributed by atoms with E-state index in [2.05, 4.69) is 10.5 Å². The summed E-state index contributed by atoms with van der Waals surface area (Å²) in [6, 6.07) is 9.39. The molecule has 0 fully saturated rings. The van der Waals surface area contributed by atoms with Crippen LogP contribution in [0.25, 0.3) is 11.3 Å². The van der Waals surface area contributed by atoms with Crippen molar-refractivity contribution in [3.63, 3.8) is 0 Å². The van der Waals surface area contributed by atoms with Gasteiger partial charge >= 0.3 is 0 Å². The van der Waals surface area contributed by atoms with Crippen molar-refractivity contribution in [2.75, 3.05) is 7.11 Å². The van der Waals surface area contributed by atoms with Gasteiger partial charge in [0.05, 0.1) is 19.2 Å². The van der Waals surface area contributed by atoms with E-state index in [4.69, 9.17) is 9.26 Å². The van der Waals surface area contributed by atoms with E-state index in [-0.39, 0.29) is 18.4 Å². The van der Waals surface area contributed by atoms with E-state index < -0.39 is 0 Å². The summed E-state index contributed by atoms with van der Waals surface area (Å²) >= 11 is 0. The predicted octanol–water partition coefficient (Wildman–Crippen LogP) is 2.42. The van der Waals surface area contributed by atoms with Crippen LogP contribution < -0.4 is 10.1 Å². The van der Waals surface area contributed by atoms with Gasteiger partial charge in [0.15, 0.2) is 5.76 Å². The zero-order valence-electron chi connectivity index (χ0n) is 11.8. The molecule has 1 aromatic carbocycles. The van der Waals surface area contributed by atoms with Crippen LogP contribution in [0.15, 0.2) is 34.9 Å². The number of ether oxygens (including phenoxy) is 1. The van der Waals surface area contributed by atoms with Crippen molar-refractivity contribution in [3.8, 4) is 17.1 Å². The molecular weight excluding hydrogens is 256 g/mol. The Bertz CT molecular complexity index is 590. The Labute approximate surface area is 117 Å². The zero-order chi connectivity index (χ0) is 14.5. The van der Waals surface area contributed by atoms with Crippen molar-refractivity contribution in [1.29, 1.82) is 0 Å². The summed E-state index contributed by atoms with van der Waals surface area (Å²) in [7, 11) is 1.61. The number of amides is 1. The molecular formula is C15H18N2O3. The average molecular weight is 274 g/mol. The van der Waals surface area contributed by atoms with Crippen molar-refractivity contribution in [2.45, 2.75) is 26.3 Å². The number of hydrogen-bond acceptors (Lipinski definition) is 4. The minimum atomic E-state index is -0.0644. The maximum absolute atomic E-state index is 11.7. The monoisotopic (exact) mass is 274 g/mol. The van der Waals surface area contributed by atoms with Crippen molar-refractivity contribution in [3.05, 3.63) is 36.0 Å². The van der Waals surface area contributed by atoms with Gasteiger partial charge in [0.25, 0.3) is 0 Å². The molecule has 0 aliphatic rings. The summed E-state index contributed by atoms with van der Waals surface area (Å²) in [6.45, 7) is 3.84. The molecule has 1 N–H and O–H groups in total. The first-order chi connectivity index (χ1) is 9.58. The molecule has 2 rings (SSSR count). The standard InChI is InChI=1S/C15H18N2O3/c1-10(2)16-15(18)9-12-8-14(20-17-12)11-5-4-6-13(7-11)19-3/h4-8,10H,9H2,1-3H3,(H,16,18). The molecule has 0 radical (unpaired) electrons. The molecule has 20 heavy (non-hydrogen) atoms. The normalized spacial score (nSPS) is 10.6. The minimum absolute atomic E-state index is 0.0644. The van der Waals surface area contributed by atoms with E-state index in [1.165, 1.54) is 0 Å². The molecule has 0 aliphatic heterocycles. The van der Waals surface area contributed by atoms with Crippen LogP contribution >= 0.6 is 0 Å². The number of rotatable bonds is 5. The number of aromatic nitrogens is 1. The Kier molecular flexibility index (Phi) is 4.40. The van der Waals surface area contributed by atoms with Gasteiger partial charge in [-0.05, 0) is 26.0 Å². The molecule has 1 heterocycles. The summed E-state index contributed by atoms with van der Waals surface area (Å²) in [5.41, 5.74) is 1.48. The van der Waals surface area contributed by atoms with Crippen molar-refractivity contribution in [2.24, 2.45) is 0 Å². The number of nitrogens with one attached hydrogen (secondary N) is 1. The fraction of sp³-hybridized carbons (Fsp3) is 0.333. The van der Waals surface area contributed by atoms with Gasteiger partial charge in [0.2, 0.25) is 5.91 Å². The van der Waals surface area contributed by atoms with E-state index in [9.17, 15) is 4.79 Å². The third-order valence-electron chi connectivity index (χ3n) is 2.70. The van der Waals surface area contributed by atoms with Crippen molar-refractivity contribution < 1.29 is 14.1 Å². The third kappa shape index (κ3) is 3.60. The maximum Gasteiger partial charge on any atom is 0.226 e. The van der Waals surface area contributed by atoms with Gasteiger partial charge in [-0.2, -0.15) is 0 Å². The molecule has 5 nitrogen and oxygen atoms in total. The minimum Gasteiger partial charge on any atom is -0.497 e. The van der Waals surface area contributed by atoms with Crippen LogP contribution in [0.4, 0.5) is 0 Å². The molecule has 0 aliphatic carbocycles. The molecule has 0 unspecified atom stereocenters. The van der Waals surface area contributed by atoms with Crippen LogP contribution in [-0.2, 0) is 11.2 Å². The SMILES string of the molecule is COc1cccc(-c2cc(CC(=O)NC(C)C)no2)c1.